The summed E-state index contributed by atoms with van der Waals surface area (Å²) in [6, 6.07) is 8.41. The largest absolute Gasteiger partial charge is 0.496 e. The fraction of sp³-hybridized carbons (Fsp3) is 0.389. The van der Waals surface area contributed by atoms with Crippen molar-refractivity contribution in [1.29, 1.82) is 0 Å². The zero-order valence-electron chi connectivity index (χ0n) is 14.0. The van der Waals surface area contributed by atoms with Crippen molar-refractivity contribution in [2.45, 2.75) is 26.4 Å². The van der Waals surface area contributed by atoms with E-state index in [1.165, 1.54) is 5.56 Å². The molecular formula is C18H24N2O2. The summed E-state index contributed by atoms with van der Waals surface area (Å²) in [5, 5.41) is 0. The number of ether oxygens (including phenoxy) is 2. The monoisotopic (exact) mass is 300 g/mol. The van der Waals surface area contributed by atoms with Gasteiger partial charge in [0, 0.05) is 36.1 Å². The van der Waals surface area contributed by atoms with Crippen LogP contribution in [-0.2, 0) is 6.54 Å². The second-order valence-corrected chi connectivity index (χ2v) is 5.46. The maximum Gasteiger partial charge on any atom is 0.129 e. The summed E-state index contributed by atoms with van der Waals surface area (Å²) in [4.78, 5) is 6.48. The molecule has 1 atom stereocenters. The van der Waals surface area contributed by atoms with E-state index in [0.717, 1.165) is 29.2 Å². The maximum absolute atomic E-state index is 5.59. The van der Waals surface area contributed by atoms with Crippen LogP contribution in [0.5, 0.6) is 11.5 Å². The van der Waals surface area contributed by atoms with E-state index in [0.29, 0.717) is 0 Å². The molecule has 0 fully saturated rings. The minimum atomic E-state index is 0.279. The Balaban J connectivity index is 2.21. The smallest absolute Gasteiger partial charge is 0.129 e. The van der Waals surface area contributed by atoms with Gasteiger partial charge in [0.25, 0.3) is 0 Å². The molecule has 0 saturated carbocycles. The molecule has 0 aliphatic rings. The van der Waals surface area contributed by atoms with Crippen LogP contribution in [0.25, 0.3) is 0 Å². The van der Waals surface area contributed by atoms with Crippen LogP contribution >= 0.6 is 0 Å². The van der Waals surface area contributed by atoms with E-state index in [-0.39, 0.29) is 6.04 Å². The van der Waals surface area contributed by atoms with E-state index in [2.05, 4.69) is 36.0 Å². The molecule has 0 amide bonds. The van der Waals surface area contributed by atoms with Crippen LogP contribution < -0.4 is 9.47 Å². The van der Waals surface area contributed by atoms with Crippen LogP contribution in [0, 0.1) is 6.92 Å². The number of rotatable bonds is 6. The lowest BCUT2D eigenvalue weighted by Gasteiger charge is -2.26. The Bertz CT molecular complexity index is 614. The molecule has 4 nitrogen and oxygen atoms in total. The van der Waals surface area contributed by atoms with E-state index in [4.69, 9.17) is 9.47 Å². The van der Waals surface area contributed by atoms with E-state index in [9.17, 15) is 0 Å². The number of nitrogens with zero attached hydrogens (tertiary/aromatic N) is 2. The molecule has 22 heavy (non-hydrogen) atoms. The number of methoxy groups -OCH3 is 2. The summed E-state index contributed by atoms with van der Waals surface area (Å²) in [7, 11) is 5.49. The molecule has 0 spiro atoms. The maximum atomic E-state index is 5.59. The van der Waals surface area contributed by atoms with Gasteiger partial charge in [-0.1, -0.05) is 12.1 Å². The van der Waals surface area contributed by atoms with Crippen molar-refractivity contribution in [3.63, 3.8) is 0 Å². The van der Waals surface area contributed by atoms with Gasteiger partial charge >= 0.3 is 0 Å². The average Bonchev–Trinajstić information content (AvgIpc) is 2.55. The van der Waals surface area contributed by atoms with Crippen molar-refractivity contribution < 1.29 is 9.47 Å². The molecule has 0 radical (unpaired) electrons. The van der Waals surface area contributed by atoms with Gasteiger partial charge in [0.1, 0.15) is 11.5 Å². The van der Waals surface area contributed by atoms with Gasteiger partial charge in [-0.15, -0.1) is 0 Å². The Morgan fingerprint density at radius 1 is 1.18 bits per heavy atom. The van der Waals surface area contributed by atoms with Crippen LogP contribution in [0.4, 0.5) is 0 Å². The lowest BCUT2D eigenvalue weighted by molar-refractivity contribution is 0.248. The second kappa shape index (κ2) is 7.27. The standard InChI is InChI=1S/C18H24N2O2/c1-13-17(21-4)9-8-16(18(13)22-5)12-20(3)14(2)15-7-6-10-19-11-15/h6-11,14H,12H2,1-5H3/t14-/m1/s1. The Morgan fingerprint density at radius 2 is 1.95 bits per heavy atom. The molecule has 1 heterocycles. The van der Waals surface area contributed by atoms with Crippen LogP contribution in [-0.4, -0.2) is 31.2 Å². The molecule has 0 aliphatic heterocycles. The van der Waals surface area contributed by atoms with Crippen molar-refractivity contribution >= 4 is 0 Å². The Morgan fingerprint density at radius 3 is 2.55 bits per heavy atom. The summed E-state index contributed by atoms with van der Waals surface area (Å²) in [5.41, 5.74) is 3.39. The molecule has 4 heteroatoms. The molecule has 0 N–H and O–H groups in total. The summed E-state index contributed by atoms with van der Waals surface area (Å²) in [6.07, 6.45) is 3.71. The molecule has 1 aromatic carbocycles. The highest BCUT2D eigenvalue weighted by Crippen LogP contribution is 2.33. The fourth-order valence-corrected chi connectivity index (χ4v) is 2.64. The summed E-state index contributed by atoms with van der Waals surface area (Å²) in [5.74, 6) is 1.74. The van der Waals surface area contributed by atoms with Gasteiger partial charge in [0.15, 0.2) is 0 Å². The van der Waals surface area contributed by atoms with Crippen LogP contribution in [0.1, 0.15) is 29.7 Å². The third-order valence-corrected chi connectivity index (χ3v) is 4.11. The van der Waals surface area contributed by atoms with Crippen molar-refractivity contribution in [2.24, 2.45) is 0 Å². The van der Waals surface area contributed by atoms with Crippen LogP contribution in [0.3, 0.4) is 0 Å². The van der Waals surface area contributed by atoms with Crippen LogP contribution in [0.2, 0.25) is 0 Å². The average molecular weight is 300 g/mol. The first-order chi connectivity index (χ1) is 10.6. The third kappa shape index (κ3) is 3.39. The minimum Gasteiger partial charge on any atom is -0.496 e. The Kier molecular flexibility index (Phi) is 5.39. The number of aromatic nitrogens is 1. The molecule has 2 aromatic rings. The van der Waals surface area contributed by atoms with Gasteiger partial charge in [0.05, 0.1) is 14.2 Å². The number of hydrogen-bond acceptors (Lipinski definition) is 4. The second-order valence-electron chi connectivity index (χ2n) is 5.46. The van der Waals surface area contributed by atoms with Crippen molar-refractivity contribution in [2.75, 3.05) is 21.3 Å². The highest BCUT2D eigenvalue weighted by Gasteiger charge is 2.16. The van der Waals surface area contributed by atoms with Crippen molar-refractivity contribution in [3.05, 3.63) is 53.3 Å². The predicted molar refractivity (Wildman–Crippen MR) is 88.4 cm³/mol. The fourth-order valence-electron chi connectivity index (χ4n) is 2.64. The highest BCUT2D eigenvalue weighted by molar-refractivity contribution is 5.49. The van der Waals surface area contributed by atoms with Gasteiger partial charge in [-0.2, -0.15) is 0 Å². The molecular weight excluding hydrogens is 276 g/mol. The van der Waals surface area contributed by atoms with Gasteiger partial charge in [-0.25, -0.2) is 0 Å². The Labute approximate surface area is 132 Å². The molecule has 0 unspecified atom stereocenters. The van der Waals surface area contributed by atoms with Crippen molar-refractivity contribution in [1.82, 2.24) is 9.88 Å². The molecule has 2 rings (SSSR count). The lowest BCUT2D eigenvalue weighted by atomic mass is 10.1. The minimum absolute atomic E-state index is 0.279. The van der Waals surface area contributed by atoms with E-state index >= 15 is 0 Å². The summed E-state index contributed by atoms with van der Waals surface area (Å²) < 4.78 is 10.9. The number of benzene rings is 1. The molecule has 0 saturated heterocycles. The quantitative estimate of drug-likeness (QED) is 0.816. The van der Waals surface area contributed by atoms with Gasteiger partial charge < -0.3 is 9.47 Å². The predicted octanol–water partition coefficient (Wildman–Crippen LogP) is 3.60. The topological polar surface area (TPSA) is 34.6 Å². The molecule has 0 aliphatic carbocycles. The lowest BCUT2D eigenvalue weighted by Crippen LogP contribution is -2.22. The van der Waals surface area contributed by atoms with Gasteiger partial charge in [-0.3, -0.25) is 9.88 Å². The van der Waals surface area contributed by atoms with Gasteiger partial charge in [0.2, 0.25) is 0 Å². The molecule has 0 bridgehead atoms. The number of pyridine rings is 1. The number of hydrogen-bond donors (Lipinski definition) is 0. The summed E-state index contributed by atoms with van der Waals surface area (Å²) in [6.45, 7) is 5.00. The van der Waals surface area contributed by atoms with Crippen molar-refractivity contribution in [3.8, 4) is 11.5 Å². The SMILES string of the molecule is COc1ccc(CN(C)[C@H](C)c2cccnc2)c(OC)c1C. The highest BCUT2D eigenvalue weighted by atomic mass is 16.5. The zero-order valence-corrected chi connectivity index (χ0v) is 14.0. The third-order valence-electron chi connectivity index (χ3n) is 4.11. The van der Waals surface area contributed by atoms with E-state index < -0.39 is 0 Å². The first-order valence-corrected chi connectivity index (χ1v) is 7.39. The van der Waals surface area contributed by atoms with Crippen LogP contribution in [0.15, 0.2) is 36.7 Å². The van der Waals surface area contributed by atoms with E-state index in [1.54, 1.807) is 20.4 Å². The normalized spacial score (nSPS) is 12.3. The van der Waals surface area contributed by atoms with Gasteiger partial charge in [-0.05, 0) is 38.6 Å². The molecule has 118 valence electrons. The first kappa shape index (κ1) is 16.3. The first-order valence-electron chi connectivity index (χ1n) is 7.39. The Hall–Kier alpha value is -2.07. The van der Waals surface area contributed by atoms with E-state index in [1.807, 2.05) is 25.3 Å². The zero-order chi connectivity index (χ0) is 16.1. The summed E-state index contributed by atoms with van der Waals surface area (Å²) >= 11 is 0. The molecule has 1 aromatic heterocycles.